The molecule has 2 aromatic rings. The third-order valence-corrected chi connectivity index (χ3v) is 5.16. The van der Waals surface area contributed by atoms with Gasteiger partial charge >= 0.3 is 0 Å². The summed E-state index contributed by atoms with van der Waals surface area (Å²) in [7, 11) is 0. The van der Waals surface area contributed by atoms with Gasteiger partial charge in [-0.15, -0.1) is 0 Å². The number of hydrogen-bond acceptors (Lipinski definition) is 3. The first-order valence-corrected chi connectivity index (χ1v) is 8.94. The van der Waals surface area contributed by atoms with Crippen LogP contribution in [0.2, 0.25) is 0 Å². The zero-order chi connectivity index (χ0) is 18.5. The smallest absolute Gasteiger partial charge is 0.131 e. The summed E-state index contributed by atoms with van der Waals surface area (Å²) in [6.45, 7) is 7.32. The fourth-order valence-electron chi connectivity index (χ4n) is 3.77. The number of hydrogen-bond donors (Lipinski definition) is 1. The van der Waals surface area contributed by atoms with Gasteiger partial charge in [0, 0.05) is 16.8 Å². The van der Waals surface area contributed by atoms with Crippen molar-refractivity contribution in [3.05, 3.63) is 64.7 Å². The van der Waals surface area contributed by atoms with E-state index >= 15 is 0 Å². The summed E-state index contributed by atoms with van der Waals surface area (Å²) in [4.78, 5) is 0. The molecule has 0 radical (unpaired) electrons. The summed E-state index contributed by atoms with van der Waals surface area (Å²) in [5, 5.41) is 3.29. The van der Waals surface area contributed by atoms with E-state index in [4.69, 9.17) is 9.47 Å². The molecule has 138 valence electrons. The average Bonchev–Trinajstić information content (AvgIpc) is 2.60. The van der Waals surface area contributed by atoms with Crippen LogP contribution in [0.3, 0.4) is 0 Å². The first kappa shape index (κ1) is 17.4. The van der Waals surface area contributed by atoms with Crippen LogP contribution in [0.15, 0.2) is 36.4 Å². The van der Waals surface area contributed by atoms with Crippen molar-refractivity contribution in [2.45, 2.75) is 44.4 Å². The molecule has 2 aliphatic heterocycles. The Hall–Kier alpha value is -1.98. The number of ether oxygens (including phenoxy) is 2. The van der Waals surface area contributed by atoms with Gasteiger partial charge in [-0.05, 0) is 29.2 Å². The molecule has 0 amide bonds. The van der Waals surface area contributed by atoms with E-state index in [-0.39, 0.29) is 17.1 Å². The highest BCUT2D eigenvalue weighted by Crippen LogP contribution is 2.46. The van der Waals surface area contributed by atoms with Crippen molar-refractivity contribution in [1.29, 1.82) is 0 Å². The van der Waals surface area contributed by atoms with E-state index in [1.165, 1.54) is 23.8 Å². The Morgan fingerprint density at radius 3 is 2.38 bits per heavy atom. The molecular weight excluding hydrogens is 336 g/mol. The molecule has 2 aromatic carbocycles. The van der Waals surface area contributed by atoms with Gasteiger partial charge in [-0.3, -0.25) is 0 Å². The molecule has 4 rings (SSSR count). The lowest BCUT2D eigenvalue weighted by Crippen LogP contribution is -2.44. The number of anilines is 1. The van der Waals surface area contributed by atoms with Gasteiger partial charge in [-0.1, -0.05) is 39.0 Å². The molecule has 2 heterocycles. The molecule has 26 heavy (non-hydrogen) atoms. The van der Waals surface area contributed by atoms with Crippen LogP contribution in [-0.2, 0) is 14.9 Å². The molecule has 3 nitrogen and oxygen atoms in total. The molecule has 0 aliphatic carbocycles. The maximum Gasteiger partial charge on any atom is 0.131 e. The van der Waals surface area contributed by atoms with Crippen LogP contribution in [0.25, 0.3) is 0 Å². The number of halogens is 2. The Morgan fingerprint density at radius 2 is 1.69 bits per heavy atom. The fourth-order valence-corrected chi connectivity index (χ4v) is 3.77. The Labute approximate surface area is 152 Å². The third-order valence-electron chi connectivity index (χ3n) is 5.16. The van der Waals surface area contributed by atoms with Crippen molar-refractivity contribution in [3.8, 4) is 0 Å². The van der Waals surface area contributed by atoms with Crippen LogP contribution >= 0.6 is 0 Å². The molecule has 3 atom stereocenters. The molecule has 1 unspecified atom stereocenters. The van der Waals surface area contributed by atoms with Crippen molar-refractivity contribution in [2.75, 3.05) is 18.5 Å². The van der Waals surface area contributed by atoms with Crippen LogP contribution in [0, 0.1) is 11.6 Å². The van der Waals surface area contributed by atoms with Gasteiger partial charge in [0.2, 0.25) is 0 Å². The van der Waals surface area contributed by atoms with E-state index in [1.54, 1.807) is 0 Å². The monoisotopic (exact) mass is 359 g/mol. The zero-order valence-corrected chi connectivity index (χ0v) is 15.2. The SMILES string of the molecule is CC(C)(C)c1ccc2c(c1)C1OCCO[C@@H]1[C@@H](c1c(F)cccc1F)N2. The van der Waals surface area contributed by atoms with Gasteiger partial charge in [0.1, 0.15) is 23.8 Å². The average molecular weight is 359 g/mol. The predicted molar refractivity (Wildman–Crippen MR) is 96.3 cm³/mol. The van der Waals surface area contributed by atoms with Gasteiger partial charge in [0.05, 0.1) is 19.3 Å². The van der Waals surface area contributed by atoms with Crippen LogP contribution in [-0.4, -0.2) is 19.3 Å². The molecule has 1 N–H and O–H groups in total. The Bertz CT molecular complexity index is 811. The van der Waals surface area contributed by atoms with Crippen molar-refractivity contribution in [1.82, 2.24) is 0 Å². The van der Waals surface area contributed by atoms with Crippen LogP contribution in [0.5, 0.6) is 0 Å². The zero-order valence-electron chi connectivity index (χ0n) is 15.2. The summed E-state index contributed by atoms with van der Waals surface area (Å²) in [6.07, 6.45) is -0.843. The van der Waals surface area contributed by atoms with E-state index in [1.807, 2.05) is 12.1 Å². The fraction of sp³-hybridized carbons (Fsp3) is 0.429. The lowest BCUT2D eigenvalue weighted by atomic mass is 9.81. The molecule has 0 bridgehead atoms. The number of fused-ring (bicyclic) bond motifs is 3. The standard InChI is InChI=1S/C21H23F2NO2/c1-21(2,3)12-7-8-16-13(11-12)19-20(26-10-9-25-19)18(24-16)17-14(22)5-4-6-15(17)23/h4-8,11,18-20,24H,9-10H2,1-3H3/t18-,19?,20-/m1/s1. The van der Waals surface area contributed by atoms with Crippen molar-refractivity contribution < 1.29 is 18.3 Å². The first-order valence-electron chi connectivity index (χ1n) is 8.94. The van der Waals surface area contributed by atoms with Crippen LogP contribution in [0.4, 0.5) is 14.5 Å². The number of benzene rings is 2. The highest BCUT2D eigenvalue weighted by atomic mass is 19.1. The lowest BCUT2D eigenvalue weighted by Gasteiger charge is -2.43. The Balaban J connectivity index is 1.82. The largest absolute Gasteiger partial charge is 0.375 e. The molecule has 0 saturated carbocycles. The molecular formula is C21H23F2NO2. The quantitative estimate of drug-likeness (QED) is 0.787. The highest BCUT2D eigenvalue weighted by molar-refractivity contribution is 5.59. The Morgan fingerprint density at radius 1 is 1.00 bits per heavy atom. The minimum Gasteiger partial charge on any atom is -0.375 e. The molecule has 1 saturated heterocycles. The normalized spacial score (nSPS) is 25.2. The summed E-state index contributed by atoms with van der Waals surface area (Å²) >= 11 is 0. The predicted octanol–water partition coefficient (Wildman–Crippen LogP) is 4.89. The van der Waals surface area contributed by atoms with Gasteiger partial charge < -0.3 is 14.8 Å². The number of nitrogens with one attached hydrogen (secondary N) is 1. The van der Waals surface area contributed by atoms with Crippen molar-refractivity contribution >= 4 is 5.69 Å². The maximum absolute atomic E-state index is 14.4. The van der Waals surface area contributed by atoms with Crippen LogP contribution < -0.4 is 5.32 Å². The van der Waals surface area contributed by atoms with Crippen LogP contribution in [0.1, 0.15) is 49.6 Å². The highest BCUT2D eigenvalue weighted by Gasteiger charge is 2.43. The van der Waals surface area contributed by atoms with Crippen molar-refractivity contribution in [3.63, 3.8) is 0 Å². The second-order valence-corrected chi connectivity index (χ2v) is 7.94. The van der Waals surface area contributed by atoms with E-state index in [0.29, 0.717) is 13.2 Å². The van der Waals surface area contributed by atoms with Gasteiger partial charge in [0.15, 0.2) is 0 Å². The Kier molecular flexibility index (Phi) is 4.24. The topological polar surface area (TPSA) is 30.5 Å². The van der Waals surface area contributed by atoms with E-state index in [9.17, 15) is 8.78 Å². The molecule has 5 heteroatoms. The lowest BCUT2D eigenvalue weighted by molar-refractivity contribution is -0.151. The van der Waals surface area contributed by atoms with E-state index in [0.717, 1.165) is 11.3 Å². The minimum absolute atomic E-state index is 0.00134. The first-order chi connectivity index (χ1) is 12.4. The maximum atomic E-state index is 14.4. The second kappa shape index (κ2) is 6.32. The van der Waals surface area contributed by atoms with E-state index in [2.05, 4.69) is 32.2 Å². The van der Waals surface area contributed by atoms with Gasteiger partial charge in [-0.25, -0.2) is 8.78 Å². The van der Waals surface area contributed by atoms with Crippen molar-refractivity contribution in [2.24, 2.45) is 0 Å². The van der Waals surface area contributed by atoms with Gasteiger partial charge in [0.25, 0.3) is 0 Å². The molecule has 0 spiro atoms. The molecule has 2 aliphatic rings. The summed E-state index contributed by atoms with van der Waals surface area (Å²) in [5.74, 6) is -1.16. The second-order valence-electron chi connectivity index (χ2n) is 7.94. The van der Waals surface area contributed by atoms with Gasteiger partial charge in [-0.2, -0.15) is 0 Å². The summed E-state index contributed by atoms with van der Waals surface area (Å²) in [5.41, 5.74) is 2.99. The number of rotatable bonds is 1. The summed E-state index contributed by atoms with van der Waals surface area (Å²) in [6, 6.07) is 9.40. The molecule has 1 fully saturated rings. The van der Waals surface area contributed by atoms with E-state index < -0.39 is 23.8 Å². The third kappa shape index (κ3) is 2.89. The minimum atomic E-state index is -0.644. The summed E-state index contributed by atoms with van der Waals surface area (Å²) < 4.78 is 40.7. The molecule has 0 aromatic heterocycles.